The quantitative estimate of drug-likeness (QED) is 0.453. The van der Waals surface area contributed by atoms with Crippen LogP contribution in [0.1, 0.15) is 79.6 Å². The van der Waals surface area contributed by atoms with Crippen molar-refractivity contribution in [3.63, 3.8) is 0 Å². The largest absolute Gasteiger partial charge is 0.0775 e. The van der Waals surface area contributed by atoms with Crippen LogP contribution in [0.2, 0.25) is 0 Å². The van der Waals surface area contributed by atoms with Gasteiger partial charge in [-0.25, -0.2) is 0 Å². The summed E-state index contributed by atoms with van der Waals surface area (Å²) in [7, 11) is 0. The van der Waals surface area contributed by atoms with Crippen LogP contribution in [0.25, 0.3) is 0 Å². The van der Waals surface area contributed by atoms with E-state index in [2.05, 4.69) is 46.8 Å². The van der Waals surface area contributed by atoms with E-state index >= 15 is 0 Å². The summed E-state index contributed by atoms with van der Waals surface area (Å²) in [6.45, 7) is 11.5. The van der Waals surface area contributed by atoms with E-state index in [4.69, 9.17) is 0 Å². The number of rotatable bonds is 7. The van der Waals surface area contributed by atoms with Crippen molar-refractivity contribution in [2.45, 2.75) is 79.6 Å². The first-order chi connectivity index (χ1) is 9.04. The van der Waals surface area contributed by atoms with Gasteiger partial charge in [-0.05, 0) is 57.1 Å². The molecule has 1 rings (SSSR count). The second kappa shape index (κ2) is 8.40. The molecule has 0 heteroatoms. The number of unbranched alkanes of at least 4 members (excludes halogenated alkanes) is 1. The SMILES string of the molecule is CCCC(C)CCCCC1=CC(C)=CCC(C)=C1C. The zero-order chi connectivity index (χ0) is 14.3. The summed E-state index contributed by atoms with van der Waals surface area (Å²) >= 11 is 0. The monoisotopic (exact) mass is 260 g/mol. The Balaban J connectivity index is 2.43. The summed E-state index contributed by atoms with van der Waals surface area (Å²) in [5.74, 6) is 0.910. The van der Waals surface area contributed by atoms with Gasteiger partial charge in [-0.15, -0.1) is 0 Å². The Bertz CT molecular complexity index is 365. The second-order valence-corrected chi connectivity index (χ2v) is 6.37. The minimum absolute atomic E-state index is 0.910. The summed E-state index contributed by atoms with van der Waals surface area (Å²) in [5.41, 5.74) is 6.09. The van der Waals surface area contributed by atoms with Crippen molar-refractivity contribution in [3.8, 4) is 0 Å². The van der Waals surface area contributed by atoms with E-state index in [0.717, 1.165) is 12.3 Å². The average Bonchev–Trinajstić information content (AvgIpc) is 2.49. The highest BCUT2D eigenvalue weighted by atomic mass is 14.1. The van der Waals surface area contributed by atoms with Crippen molar-refractivity contribution in [1.29, 1.82) is 0 Å². The molecule has 0 aromatic heterocycles. The predicted molar refractivity (Wildman–Crippen MR) is 87.4 cm³/mol. The highest BCUT2D eigenvalue weighted by Crippen LogP contribution is 2.27. The molecular formula is C19H32. The zero-order valence-corrected chi connectivity index (χ0v) is 13.7. The van der Waals surface area contributed by atoms with Crippen LogP contribution >= 0.6 is 0 Å². The van der Waals surface area contributed by atoms with Crippen molar-refractivity contribution in [2.75, 3.05) is 0 Å². The zero-order valence-electron chi connectivity index (χ0n) is 13.7. The van der Waals surface area contributed by atoms with Crippen LogP contribution in [0.3, 0.4) is 0 Å². The summed E-state index contributed by atoms with van der Waals surface area (Å²) in [6, 6.07) is 0. The van der Waals surface area contributed by atoms with Gasteiger partial charge in [-0.2, -0.15) is 0 Å². The first-order valence-corrected chi connectivity index (χ1v) is 8.08. The van der Waals surface area contributed by atoms with Gasteiger partial charge in [0.15, 0.2) is 0 Å². The van der Waals surface area contributed by atoms with Crippen molar-refractivity contribution < 1.29 is 0 Å². The van der Waals surface area contributed by atoms with Crippen molar-refractivity contribution in [2.24, 2.45) is 5.92 Å². The number of hydrogen-bond donors (Lipinski definition) is 0. The molecule has 0 N–H and O–H groups in total. The van der Waals surface area contributed by atoms with E-state index in [0.29, 0.717) is 0 Å². The van der Waals surface area contributed by atoms with Crippen LogP contribution in [-0.2, 0) is 0 Å². The third-order valence-corrected chi connectivity index (χ3v) is 4.43. The summed E-state index contributed by atoms with van der Waals surface area (Å²) in [4.78, 5) is 0. The normalized spacial score (nSPS) is 17.9. The molecule has 0 aromatic rings. The van der Waals surface area contributed by atoms with Crippen LogP contribution in [-0.4, -0.2) is 0 Å². The lowest BCUT2D eigenvalue weighted by Crippen LogP contribution is -1.95. The van der Waals surface area contributed by atoms with E-state index in [1.165, 1.54) is 49.7 Å². The Morgan fingerprint density at radius 1 is 1.11 bits per heavy atom. The standard InChI is InChI=1S/C19H32/c1-6-9-15(2)10-7-8-11-19-14-16(3)12-13-17(4)18(19)5/h12,14-15H,6-11,13H2,1-5H3. The summed E-state index contributed by atoms with van der Waals surface area (Å²) in [6.07, 6.45) is 14.0. The third-order valence-electron chi connectivity index (χ3n) is 4.43. The highest BCUT2D eigenvalue weighted by molar-refractivity contribution is 5.41. The van der Waals surface area contributed by atoms with Crippen LogP contribution in [0.15, 0.2) is 34.4 Å². The lowest BCUT2D eigenvalue weighted by Gasteiger charge is -2.12. The van der Waals surface area contributed by atoms with Gasteiger partial charge in [0.2, 0.25) is 0 Å². The van der Waals surface area contributed by atoms with E-state index in [9.17, 15) is 0 Å². The van der Waals surface area contributed by atoms with Crippen LogP contribution < -0.4 is 0 Å². The van der Waals surface area contributed by atoms with E-state index in [1.807, 2.05) is 0 Å². The molecule has 0 aromatic carbocycles. The van der Waals surface area contributed by atoms with Crippen LogP contribution in [0.4, 0.5) is 0 Å². The third kappa shape index (κ3) is 5.80. The van der Waals surface area contributed by atoms with Gasteiger partial charge in [-0.3, -0.25) is 0 Å². The highest BCUT2D eigenvalue weighted by Gasteiger charge is 2.08. The van der Waals surface area contributed by atoms with Gasteiger partial charge in [0.25, 0.3) is 0 Å². The summed E-state index contributed by atoms with van der Waals surface area (Å²) < 4.78 is 0. The van der Waals surface area contributed by atoms with Crippen LogP contribution in [0.5, 0.6) is 0 Å². The Morgan fingerprint density at radius 3 is 2.53 bits per heavy atom. The predicted octanol–water partition coefficient (Wildman–Crippen LogP) is 6.60. The van der Waals surface area contributed by atoms with Crippen molar-refractivity contribution >= 4 is 0 Å². The molecule has 0 fully saturated rings. The minimum Gasteiger partial charge on any atom is -0.0775 e. The molecule has 0 nitrogen and oxygen atoms in total. The molecule has 19 heavy (non-hydrogen) atoms. The molecule has 0 radical (unpaired) electrons. The second-order valence-electron chi connectivity index (χ2n) is 6.37. The molecule has 1 unspecified atom stereocenters. The molecule has 0 bridgehead atoms. The van der Waals surface area contributed by atoms with Crippen molar-refractivity contribution in [3.05, 3.63) is 34.4 Å². The molecule has 1 atom stereocenters. The van der Waals surface area contributed by atoms with E-state index in [1.54, 1.807) is 11.1 Å². The summed E-state index contributed by atoms with van der Waals surface area (Å²) in [5, 5.41) is 0. The van der Waals surface area contributed by atoms with Gasteiger partial charge in [0, 0.05) is 0 Å². The first kappa shape index (κ1) is 16.3. The molecule has 0 aliphatic heterocycles. The topological polar surface area (TPSA) is 0 Å². The molecule has 0 amide bonds. The Kier molecular flexibility index (Phi) is 7.20. The van der Waals surface area contributed by atoms with Gasteiger partial charge < -0.3 is 0 Å². The fourth-order valence-electron chi connectivity index (χ4n) is 2.89. The lowest BCUT2D eigenvalue weighted by molar-refractivity contribution is 0.461. The molecule has 1 aliphatic rings. The number of hydrogen-bond acceptors (Lipinski definition) is 0. The first-order valence-electron chi connectivity index (χ1n) is 8.08. The minimum atomic E-state index is 0.910. The Morgan fingerprint density at radius 2 is 1.84 bits per heavy atom. The molecule has 0 heterocycles. The fourth-order valence-corrected chi connectivity index (χ4v) is 2.89. The van der Waals surface area contributed by atoms with Crippen molar-refractivity contribution in [1.82, 2.24) is 0 Å². The van der Waals surface area contributed by atoms with Gasteiger partial charge >= 0.3 is 0 Å². The smallest absolute Gasteiger partial charge is 0.0130 e. The molecule has 1 aliphatic carbocycles. The van der Waals surface area contributed by atoms with Gasteiger partial charge in [-0.1, -0.05) is 62.8 Å². The molecular weight excluding hydrogens is 228 g/mol. The Hall–Kier alpha value is -0.780. The maximum Gasteiger partial charge on any atom is -0.0130 e. The average molecular weight is 260 g/mol. The maximum atomic E-state index is 2.40. The molecule has 108 valence electrons. The molecule has 0 spiro atoms. The molecule has 0 saturated carbocycles. The van der Waals surface area contributed by atoms with Gasteiger partial charge in [0.1, 0.15) is 0 Å². The number of allylic oxidation sites excluding steroid dienone is 6. The maximum absolute atomic E-state index is 2.40. The Labute approximate surface area is 120 Å². The van der Waals surface area contributed by atoms with Gasteiger partial charge in [0.05, 0.1) is 0 Å². The molecule has 0 saturated heterocycles. The van der Waals surface area contributed by atoms with Crippen LogP contribution in [0, 0.1) is 5.92 Å². The van der Waals surface area contributed by atoms with E-state index in [-0.39, 0.29) is 0 Å². The lowest BCUT2D eigenvalue weighted by atomic mass is 9.94. The fraction of sp³-hybridized carbons (Fsp3) is 0.684. The van der Waals surface area contributed by atoms with E-state index < -0.39 is 0 Å².